The van der Waals surface area contributed by atoms with Gasteiger partial charge in [-0.1, -0.05) is 22.9 Å². The quantitative estimate of drug-likeness (QED) is 0.820. The second-order valence-corrected chi connectivity index (χ2v) is 5.49. The van der Waals surface area contributed by atoms with Gasteiger partial charge in [-0.2, -0.15) is 0 Å². The Bertz CT molecular complexity index is 395. The number of aryl methyl sites for hydroxylation is 1. The van der Waals surface area contributed by atoms with Crippen LogP contribution < -0.4 is 5.32 Å². The van der Waals surface area contributed by atoms with Gasteiger partial charge in [0.2, 0.25) is 0 Å². The van der Waals surface area contributed by atoms with Gasteiger partial charge >= 0.3 is 0 Å². The maximum Gasteiger partial charge on any atom is 0.251 e. The summed E-state index contributed by atoms with van der Waals surface area (Å²) in [5.41, 5.74) is 1.75. The minimum atomic E-state index is -0.0411. The highest BCUT2D eigenvalue weighted by molar-refractivity contribution is 9.10. The van der Waals surface area contributed by atoms with E-state index < -0.39 is 0 Å². The van der Waals surface area contributed by atoms with Gasteiger partial charge in [-0.25, -0.2) is 0 Å². The Morgan fingerprint density at radius 2 is 2.24 bits per heavy atom. The van der Waals surface area contributed by atoms with Crippen LogP contribution in [-0.2, 0) is 0 Å². The van der Waals surface area contributed by atoms with Crippen LogP contribution in [0, 0.1) is 6.92 Å². The highest BCUT2D eigenvalue weighted by Gasteiger charge is 2.07. The first kappa shape index (κ1) is 14.5. The summed E-state index contributed by atoms with van der Waals surface area (Å²) in [5.74, 6) is -0.0411. The molecule has 1 unspecified atom stereocenters. The average molecular weight is 319 g/mol. The molecular formula is C13H17BrClNO. The van der Waals surface area contributed by atoms with E-state index in [0.717, 1.165) is 22.9 Å². The first-order chi connectivity index (χ1) is 8.04. The molecule has 1 aromatic rings. The lowest BCUT2D eigenvalue weighted by atomic mass is 10.1. The van der Waals surface area contributed by atoms with E-state index in [9.17, 15) is 4.79 Å². The zero-order valence-corrected chi connectivity index (χ0v) is 12.4. The van der Waals surface area contributed by atoms with Crippen molar-refractivity contribution in [1.82, 2.24) is 5.32 Å². The maximum atomic E-state index is 11.8. The van der Waals surface area contributed by atoms with Crippen LogP contribution in [0.2, 0.25) is 0 Å². The number of benzene rings is 1. The van der Waals surface area contributed by atoms with Crippen molar-refractivity contribution in [2.24, 2.45) is 0 Å². The Balaban J connectivity index is 2.50. The van der Waals surface area contributed by atoms with Crippen LogP contribution in [-0.4, -0.2) is 17.8 Å². The van der Waals surface area contributed by atoms with Crippen molar-refractivity contribution in [2.75, 3.05) is 6.54 Å². The van der Waals surface area contributed by atoms with Crippen molar-refractivity contribution in [3.63, 3.8) is 0 Å². The molecule has 1 aromatic carbocycles. The SMILES string of the molecule is CCC(Cl)CCNC(=O)c1ccc(Br)c(C)c1. The molecule has 0 aliphatic rings. The fourth-order valence-corrected chi connectivity index (χ4v) is 1.79. The van der Waals surface area contributed by atoms with Crippen LogP contribution in [0.25, 0.3) is 0 Å². The summed E-state index contributed by atoms with van der Waals surface area (Å²) >= 11 is 9.39. The molecular weight excluding hydrogens is 302 g/mol. The zero-order chi connectivity index (χ0) is 12.8. The summed E-state index contributed by atoms with van der Waals surface area (Å²) in [5, 5.41) is 3.01. The molecule has 1 amide bonds. The number of amides is 1. The molecule has 0 spiro atoms. The summed E-state index contributed by atoms with van der Waals surface area (Å²) in [7, 11) is 0. The molecule has 94 valence electrons. The Kier molecular flexibility index (Phi) is 6.00. The molecule has 4 heteroatoms. The number of carbonyl (C=O) groups is 1. The molecule has 0 aromatic heterocycles. The summed E-state index contributed by atoms with van der Waals surface area (Å²) in [4.78, 5) is 11.8. The first-order valence-corrected chi connectivity index (χ1v) is 6.96. The van der Waals surface area contributed by atoms with Crippen molar-refractivity contribution < 1.29 is 4.79 Å². The third-order valence-corrected chi connectivity index (χ3v) is 4.02. The van der Waals surface area contributed by atoms with E-state index in [4.69, 9.17) is 11.6 Å². The first-order valence-electron chi connectivity index (χ1n) is 5.73. The molecule has 1 N–H and O–H groups in total. The molecule has 0 heterocycles. The molecule has 2 nitrogen and oxygen atoms in total. The number of carbonyl (C=O) groups excluding carboxylic acids is 1. The third kappa shape index (κ3) is 4.68. The second-order valence-electron chi connectivity index (χ2n) is 4.01. The molecule has 1 rings (SSSR count). The monoisotopic (exact) mass is 317 g/mol. The molecule has 0 aliphatic heterocycles. The van der Waals surface area contributed by atoms with E-state index in [1.165, 1.54) is 0 Å². The van der Waals surface area contributed by atoms with E-state index in [-0.39, 0.29) is 11.3 Å². The topological polar surface area (TPSA) is 29.1 Å². The van der Waals surface area contributed by atoms with Gasteiger partial charge in [-0.15, -0.1) is 11.6 Å². The fraction of sp³-hybridized carbons (Fsp3) is 0.462. The standard InChI is InChI=1S/C13H17BrClNO/c1-3-11(15)6-7-16-13(17)10-4-5-12(14)9(2)8-10/h4-5,8,11H,3,6-7H2,1-2H3,(H,16,17). The summed E-state index contributed by atoms with van der Waals surface area (Å²) < 4.78 is 1.01. The Morgan fingerprint density at radius 1 is 1.53 bits per heavy atom. The van der Waals surface area contributed by atoms with Crippen LogP contribution in [0.3, 0.4) is 0 Å². The molecule has 0 fully saturated rings. The Labute approximate surface area is 116 Å². The van der Waals surface area contributed by atoms with E-state index in [2.05, 4.69) is 21.2 Å². The van der Waals surface area contributed by atoms with Crippen molar-refractivity contribution in [3.05, 3.63) is 33.8 Å². The minimum absolute atomic E-state index is 0.0411. The van der Waals surface area contributed by atoms with E-state index in [1.807, 2.05) is 32.0 Å². The zero-order valence-electron chi connectivity index (χ0n) is 10.1. The van der Waals surface area contributed by atoms with Crippen molar-refractivity contribution in [2.45, 2.75) is 32.1 Å². The summed E-state index contributed by atoms with van der Waals surface area (Å²) in [6.45, 7) is 4.63. The van der Waals surface area contributed by atoms with Crippen LogP contribution in [0.15, 0.2) is 22.7 Å². The van der Waals surface area contributed by atoms with Crippen molar-refractivity contribution in [3.8, 4) is 0 Å². The number of hydrogen-bond donors (Lipinski definition) is 1. The van der Waals surface area contributed by atoms with Crippen LogP contribution in [0.4, 0.5) is 0 Å². The van der Waals surface area contributed by atoms with E-state index >= 15 is 0 Å². The number of alkyl halides is 1. The lowest BCUT2D eigenvalue weighted by Gasteiger charge is -2.08. The lowest BCUT2D eigenvalue weighted by Crippen LogP contribution is -2.26. The van der Waals surface area contributed by atoms with Crippen LogP contribution in [0.5, 0.6) is 0 Å². The van der Waals surface area contributed by atoms with Gasteiger partial charge < -0.3 is 5.32 Å². The van der Waals surface area contributed by atoms with Gasteiger partial charge in [0.05, 0.1) is 0 Å². The third-order valence-electron chi connectivity index (χ3n) is 2.61. The average Bonchev–Trinajstić information content (AvgIpc) is 2.32. The number of halogens is 2. The molecule has 17 heavy (non-hydrogen) atoms. The van der Waals surface area contributed by atoms with Crippen LogP contribution in [0.1, 0.15) is 35.7 Å². The van der Waals surface area contributed by atoms with Gasteiger partial charge in [-0.05, 0) is 43.5 Å². The van der Waals surface area contributed by atoms with Gasteiger partial charge in [0, 0.05) is 22.0 Å². The largest absolute Gasteiger partial charge is 0.352 e. The van der Waals surface area contributed by atoms with Gasteiger partial charge in [-0.3, -0.25) is 4.79 Å². The fourth-order valence-electron chi connectivity index (χ4n) is 1.43. The van der Waals surface area contributed by atoms with Gasteiger partial charge in [0.25, 0.3) is 5.91 Å². The van der Waals surface area contributed by atoms with Crippen LogP contribution >= 0.6 is 27.5 Å². The summed E-state index contributed by atoms with van der Waals surface area (Å²) in [6, 6.07) is 5.57. The molecule has 1 atom stereocenters. The van der Waals surface area contributed by atoms with E-state index in [0.29, 0.717) is 12.1 Å². The Morgan fingerprint density at radius 3 is 2.82 bits per heavy atom. The highest BCUT2D eigenvalue weighted by atomic mass is 79.9. The highest BCUT2D eigenvalue weighted by Crippen LogP contribution is 2.17. The summed E-state index contributed by atoms with van der Waals surface area (Å²) in [6.07, 6.45) is 1.73. The molecule has 0 radical (unpaired) electrons. The predicted molar refractivity (Wildman–Crippen MR) is 75.8 cm³/mol. The van der Waals surface area contributed by atoms with Crippen molar-refractivity contribution >= 4 is 33.4 Å². The van der Waals surface area contributed by atoms with E-state index in [1.54, 1.807) is 0 Å². The molecule has 0 saturated heterocycles. The molecule has 0 saturated carbocycles. The van der Waals surface area contributed by atoms with Crippen molar-refractivity contribution in [1.29, 1.82) is 0 Å². The molecule has 0 bridgehead atoms. The Hall–Kier alpha value is -0.540. The van der Waals surface area contributed by atoms with Gasteiger partial charge in [0.15, 0.2) is 0 Å². The smallest absolute Gasteiger partial charge is 0.251 e. The number of hydrogen-bond acceptors (Lipinski definition) is 1. The second kappa shape index (κ2) is 7.02. The normalized spacial score (nSPS) is 12.2. The predicted octanol–water partition coefficient (Wildman–Crippen LogP) is 3.89. The molecule has 0 aliphatic carbocycles. The maximum absolute atomic E-state index is 11.8. The van der Waals surface area contributed by atoms with Gasteiger partial charge in [0.1, 0.15) is 0 Å². The number of nitrogens with one attached hydrogen (secondary N) is 1. The lowest BCUT2D eigenvalue weighted by molar-refractivity contribution is 0.0953. The minimum Gasteiger partial charge on any atom is -0.352 e. The number of rotatable bonds is 5.